The molecule has 0 aromatic carbocycles. The first-order chi connectivity index (χ1) is 27.0. The number of hydrogen-bond acceptors (Lipinski definition) is 14. The van der Waals surface area contributed by atoms with Gasteiger partial charge < -0.3 is 66.7 Å². The van der Waals surface area contributed by atoms with Crippen LogP contribution in [-0.4, -0.2) is 177 Å². The zero-order valence-corrected chi connectivity index (χ0v) is 38.6. The number of aliphatic hydroxyl groups excluding tert-OH is 1. The minimum atomic E-state index is -0.197. The van der Waals surface area contributed by atoms with Gasteiger partial charge in [-0.2, -0.15) is 0 Å². The Bertz CT molecular complexity index is 874. The van der Waals surface area contributed by atoms with Crippen LogP contribution in [0.15, 0.2) is 0 Å². The van der Waals surface area contributed by atoms with Crippen LogP contribution in [0.1, 0.15) is 110 Å². The van der Waals surface area contributed by atoms with Crippen molar-refractivity contribution < 1.29 is 66.7 Å². The van der Waals surface area contributed by atoms with Crippen molar-refractivity contribution >= 4 is 0 Å². The predicted octanol–water partition coefficient (Wildman–Crippen LogP) is 6.05. The van der Waals surface area contributed by atoms with Gasteiger partial charge >= 0.3 is 0 Å². The lowest BCUT2D eigenvalue weighted by atomic mass is 10.3. The van der Waals surface area contributed by atoms with Gasteiger partial charge in [-0.05, 0) is 96.4 Å². The summed E-state index contributed by atoms with van der Waals surface area (Å²) in [5.41, 5.74) is 0. The van der Waals surface area contributed by atoms with Crippen LogP contribution in [-0.2, 0) is 61.6 Å². The Kier molecular flexibility index (Phi) is 35.8. The number of aliphatic hydroxyl groups is 1. The first-order valence-corrected chi connectivity index (χ1v) is 21.7. The van der Waals surface area contributed by atoms with Gasteiger partial charge in [0.25, 0.3) is 0 Å². The Hall–Kier alpha value is -0.560. The normalized spacial score (nSPS) is 19.2. The second-order valence-electron chi connectivity index (χ2n) is 15.9. The van der Waals surface area contributed by atoms with Gasteiger partial charge in [-0.15, -0.1) is 0 Å². The van der Waals surface area contributed by atoms with Gasteiger partial charge in [0, 0.05) is 6.61 Å². The van der Waals surface area contributed by atoms with Gasteiger partial charge in [0.1, 0.15) is 0 Å². The molecule has 0 aliphatic rings. The van der Waals surface area contributed by atoms with Crippen molar-refractivity contribution in [2.75, 3.05) is 92.5 Å². The van der Waals surface area contributed by atoms with Crippen LogP contribution in [0.4, 0.5) is 0 Å². The minimum absolute atomic E-state index is 0.00630. The topological polar surface area (TPSA) is 140 Å². The van der Waals surface area contributed by atoms with Gasteiger partial charge in [-0.25, -0.2) is 0 Å². The molecular weight excluding hydrogens is 740 g/mol. The van der Waals surface area contributed by atoms with E-state index in [1.807, 2.05) is 90.0 Å². The molecule has 0 rings (SSSR count). The summed E-state index contributed by atoms with van der Waals surface area (Å²) in [5, 5.41) is 9.06. The molecule has 0 aromatic rings. The maximum Gasteiger partial charge on any atom is 0.0781 e. The van der Waals surface area contributed by atoms with E-state index in [9.17, 15) is 0 Å². The zero-order valence-electron chi connectivity index (χ0n) is 38.6. The molecular formula is C43H88O14. The number of rotatable bonds is 41. The van der Waals surface area contributed by atoms with Gasteiger partial charge in [0.05, 0.1) is 165 Å². The molecule has 0 radical (unpaired) electrons. The minimum Gasteiger partial charge on any atom is -0.394 e. The fourth-order valence-electron chi connectivity index (χ4n) is 4.66. The average Bonchev–Trinajstić information content (AvgIpc) is 3.19. The van der Waals surface area contributed by atoms with Crippen LogP contribution in [0.25, 0.3) is 0 Å². The summed E-state index contributed by atoms with van der Waals surface area (Å²) < 4.78 is 76.3. The molecule has 0 saturated carbocycles. The third-order valence-electron chi connectivity index (χ3n) is 8.54. The molecule has 0 bridgehead atoms. The van der Waals surface area contributed by atoms with Crippen LogP contribution >= 0.6 is 0 Å². The van der Waals surface area contributed by atoms with Crippen LogP contribution in [0.5, 0.6) is 0 Å². The van der Waals surface area contributed by atoms with Gasteiger partial charge in [-0.3, -0.25) is 0 Å². The molecule has 344 valence electrons. The largest absolute Gasteiger partial charge is 0.394 e. The summed E-state index contributed by atoms with van der Waals surface area (Å²) in [4.78, 5) is 0. The van der Waals surface area contributed by atoms with E-state index in [0.29, 0.717) is 79.3 Å². The fourth-order valence-corrected chi connectivity index (χ4v) is 4.66. The second kappa shape index (κ2) is 36.1. The van der Waals surface area contributed by atoms with E-state index in [2.05, 4.69) is 6.92 Å². The lowest BCUT2D eigenvalue weighted by Crippen LogP contribution is -2.31. The van der Waals surface area contributed by atoms with Crippen molar-refractivity contribution in [1.82, 2.24) is 0 Å². The number of hydrogen-bond donors (Lipinski definition) is 1. The third kappa shape index (κ3) is 35.9. The van der Waals surface area contributed by atoms with E-state index in [1.54, 1.807) is 0 Å². The lowest BCUT2D eigenvalue weighted by Gasteiger charge is -2.23. The summed E-state index contributed by atoms with van der Waals surface area (Å²) >= 11 is 0. The van der Waals surface area contributed by atoms with Crippen LogP contribution in [0, 0.1) is 0 Å². The molecule has 0 aliphatic heterocycles. The van der Waals surface area contributed by atoms with Crippen molar-refractivity contribution in [3.8, 4) is 0 Å². The Morgan fingerprint density at radius 2 is 0.421 bits per heavy atom. The maximum atomic E-state index is 9.06. The SMILES string of the molecule is CCCCOC(C)COC(C)COC(C)COC(C)COC(C)COC(C)COC(C)COC(C)COC(C)COC(C)COC(C)COC(C)COC(C)CO. The highest BCUT2D eigenvalue weighted by molar-refractivity contribution is 4.62. The molecule has 1 N–H and O–H groups in total. The Labute approximate surface area is 347 Å². The monoisotopic (exact) mass is 829 g/mol. The molecule has 0 heterocycles. The predicted molar refractivity (Wildman–Crippen MR) is 222 cm³/mol. The molecule has 0 aromatic heterocycles. The molecule has 0 fully saturated rings. The summed E-state index contributed by atoms with van der Waals surface area (Å²) in [6, 6.07) is 0. The smallest absolute Gasteiger partial charge is 0.0781 e. The van der Waals surface area contributed by atoms with Crippen molar-refractivity contribution in [3.63, 3.8) is 0 Å². The van der Waals surface area contributed by atoms with Gasteiger partial charge in [0.15, 0.2) is 0 Å². The van der Waals surface area contributed by atoms with Crippen molar-refractivity contribution in [1.29, 1.82) is 0 Å². The van der Waals surface area contributed by atoms with Crippen molar-refractivity contribution in [2.24, 2.45) is 0 Å². The summed E-state index contributed by atoms with van der Waals surface area (Å²) in [5.74, 6) is 0. The van der Waals surface area contributed by atoms with Crippen LogP contribution in [0.3, 0.4) is 0 Å². The first-order valence-electron chi connectivity index (χ1n) is 21.7. The molecule has 0 spiro atoms. The van der Waals surface area contributed by atoms with Gasteiger partial charge in [-0.1, -0.05) is 13.3 Å². The number of ether oxygens (including phenoxy) is 13. The molecule has 0 amide bonds. The van der Waals surface area contributed by atoms with E-state index in [4.69, 9.17) is 66.7 Å². The molecule has 13 atom stereocenters. The van der Waals surface area contributed by atoms with E-state index in [-0.39, 0.29) is 86.0 Å². The van der Waals surface area contributed by atoms with Crippen molar-refractivity contribution in [2.45, 2.75) is 189 Å². The molecule has 0 aliphatic carbocycles. The molecule has 0 saturated heterocycles. The van der Waals surface area contributed by atoms with E-state index >= 15 is 0 Å². The van der Waals surface area contributed by atoms with Crippen LogP contribution < -0.4 is 0 Å². The molecule has 14 heteroatoms. The second-order valence-corrected chi connectivity index (χ2v) is 15.9. The summed E-state index contributed by atoms with van der Waals surface area (Å²) in [7, 11) is 0. The summed E-state index contributed by atoms with van der Waals surface area (Å²) in [6.45, 7) is 34.2. The molecule has 14 nitrogen and oxygen atoms in total. The highest BCUT2D eigenvalue weighted by Gasteiger charge is 2.17. The third-order valence-corrected chi connectivity index (χ3v) is 8.54. The number of unbranched alkanes of at least 4 members (excludes halogenated alkanes) is 1. The molecule has 13 unspecified atom stereocenters. The van der Waals surface area contributed by atoms with E-state index in [1.165, 1.54) is 0 Å². The Balaban J connectivity index is 3.95. The van der Waals surface area contributed by atoms with Crippen LogP contribution in [0.2, 0.25) is 0 Å². The first kappa shape index (κ1) is 56.4. The Morgan fingerprint density at radius 1 is 0.263 bits per heavy atom. The van der Waals surface area contributed by atoms with Gasteiger partial charge in [0.2, 0.25) is 0 Å². The maximum absolute atomic E-state index is 9.06. The highest BCUT2D eigenvalue weighted by atomic mass is 16.6. The average molecular weight is 829 g/mol. The molecule has 57 heavy (non-hydrogen) atoms. The summed E-state index contributed by atoms with van der Waals surface area (Å²) in [6.07, 6.45) is 1.26. The fraction of sp³-hybridized carbons (Fsp3) is 1.00. The zero-order chi connectivity index (χ0) is 43.0. The van der Waals surface area contributed by atoms with E-state index in [0.717, 1.165) is 19.4 Å². The standard InChI is InChI=1S/C43H88O14/c1-15-16-17-45-32(3)19-47-34(5)21-49-36(7)23-51-38(9)25-53-40(11)27-55-42(13)29-57-43(14)30-56-41(12)28-54-39(10)26-52-37(8)24-50-35(6)22-48-33(4)20-46-31(2)18-44/h31-44H,15-30H2,1-14H3. The quantitative estimate of drug-likeness (QED) is 0.0716. The van der Waals surface area contributed by atoms with Crippen molar-refractivity contribution in [3.05, 3.63) is 0 Å². The van der Waals surface area contributed by atoms with E-state index < -0.39 is 0 Å². The lowest BCUT2D eigenvalue weighted by molar-refractivity contribution is -0.115. The highest BCUT2D eigenvalue weighted by Crippen LogP contribution is 2.08. The Morgan fingerprint density at radius 3 is 0.579 bits per heavy atom.